The van der Waals surface area contributed by atoms with Crippen LogP contribution in [0.4, 0.5) is 0 Å². The van der Waals surface area contributed by atoms with E-state index < -0.39 is 11.9 Å². The first-order valence-corrected chi connectivity index (χ1v) is 8.01. The van der Waals surface area contributed by atoms with E-state index in [4.69, 9.17) is 5.11 Å². The number of fused-ring (bicyclic) bond motifs is 1. The number of carboxylic acid groups (broad SMARTS) is 1. The average Bonchev–Trinajstić information content (AvgIpc) is 3.01. The Morgan fingerprint density at radius 1 is 1.30 bits per heavy atom. The van der Waals surface area contributed by atoms with E-state index in [0.29, 0.717) is 13.1 Å². The summed E-state index contributed by atoms with van der Waals surface area (Å²) in [5, 5.41) is 9.15. The Morgan fingerprint density at radius 3 is 2.70 bits per heavy atom. The lowest BCUT2D eigenvalue weighted by molar-refractivity contribution is -0.142. The molecular formula is C15H19NO3S. The summed E-state index contributed by atoms with van der Waals surface area (Å²) in [6.45, 7) is 2.81. The first kappa shape index (κ1) is 13.6. The molecular weight excluding hydrogens is 274 g/mol. The average molecular weight is 293 g/mol. The van der Waals surface area contributed by atoms with Crippen molar-refractivity contribution in [3.05, 3.63) is 21.4 Å². The molecule has 0 spiro atoms. The molecule has 108 valence electrons. The molecule has 0 bridgehead atoms. The minimum absolute atomic E-state index is 0.0139. The van der Waals surface area contributed by atoms with Crippen LogP contribution in [0, 0.1) is 11.8 Å². The summed E-state index contributed by atoms with van der Waals surface area (Å²) in [6, 6.07) is 2.03. The Morgan fingerprint density at radius 2 is 2.05 bits per heavy atom. The molecule has 2 atom stereocenters. The van der Waals surface area contributed by atoms with E-state index in [9.17, 15) is 9.59 Å². The van der Waals surface area contributed by atoms with Gasteiger partial charge in [-0.05, 0) is 43.2 Å². The van der Waals surface area contributed by atoms with Gasteiger partial charge in [0.1, 0.15) is 0 Å². The van der Waals surface area contributed by atoms with Gasteiger partial charge in [0, 0.05) is 18.0 Å². The highest BCUT2D eigenvalue weighted by molar-refractivity contribution is 7.14. The zero-order valence-corrected chi connectivity index (χ0v) is 12.4. The highest BCUT2D eigenvalue weighted by Crippen LogP contribution is 2.32. The smallest absolute Gasteiger partial charge is 0.308 e. The van der Waals surface area contributed by atoms with Crippen LogP contribution in [-0.4, -0.2) is 35.0 Å². The van der Waals surface area contributed by atoms with Crippen LogP contribution in [0.3, 0.4) is 0 Å². The predicted octanol–water partition coefficient (Wildman–Crippen LogP) is 2.42. The van der Waals surface area contributed by atoms with Gasteiger partial charge in [0.25, 0.3) is 5.91 Å². The number of hydrogen-bond acceptors (Lipinski definition) is 3. The largest absolute Gasteiger partial charge is 0.481 e. The number of hydrogen-bond donors (Lipinski definition) is 1. The van der Waals surface area contributed by atoms with Crippen LogP contribution in [-0.2, 0) is 17.6 Å². The molecule has 0 aromatic carbocycles. The van der Waals surface area contributed by atoms with Crippen molar-refractivity contribution in [2.75, 3.05) is 13.1 Å². The van der Waals surface area contributed by atoms with Gasteiger partial charge >= 0.3 is 5.97 Å². The van der Waals surface area contributed by atoms with Crippen LogP contribution in [0.15, 0.2) is 6.07 Å². The van der Waals surface area contributed by atoms with Crippen molar-refractivity contribution in [2.45, 2.75) is 32.6 Å². The molecule has 1 amide bonds. The van der Waals surface area contributed by atoms with Gasteiger partial charge in [0.15, 0.2) is 0 Å². The molecule has 1 N–H and O–H groups in total. The second kappa shape index (κ2) is 5.20. The minimum atomic E-state index is -0.793. The van der Waals surface area contributed by atoms with Crippen LogP contribution in [0.25, 0.3) is 0 Å². The Balaban J connectivity index is 1.76. The fourth-order valence-electron chi connectivity index (χ4n) is 3.21. The number of aryl methyl sites for hydroxylation is 2. The van der Waals surface area contributed by atoms with Crippen molar-refractivity contribution in [1.29, 1.82) is 0 Å². The summed E-state index contributed by atoms with van der Waals surface area (Å²) in [5.41, 5.74) is 1.33. The molecule has 1 aliphatic carbocycles. The molecule has 0 radical (unpaired) electrons. The molecule has 3 rings (SSSR count). The van der Waals surface area contributed by atoms with Crippen LogP contribution in [0.5, 0.6) is 0 Å². The summed E-state index contributed by atoms with van der Waals surface area (Å²) in [4.78, 5) is 27.5. The fraction of sp³-hybridized carbons (Fsp3) is 0.600. The van der Waals surface area contributed by atoms with Crippen molar-refractivity contribution < 1.29 is 14.7 Å². The molecule has 5 heteroatoms. The summed E-state index contributed by atoms with van der Waals surface area (Å²) < 4.78 is 0. The highest BCUT2D eigenvalue weighted by Gasteiger charge is 2.37. The molecule has 1 fully saturated rings. The maximum atomic E-state index is 12.5. The van der Waals surface area contributed by atoms with Crippen molar-refractivity contribution in [2.24, 2.45) is 11.8 Å². The lowest BCUT2D eigenvalue weighted by Gasteiger charge is -2.14. The van der Waals surface area contributed by atoms with Crippen molar-refractivity contribution in [3.63, 3.8) is 0 Å². The molecule has 1 aromatic rings. The summed E-state index contributed by atoms with van der Waals surface area (Å²) in [5.74, 6) is -1.17. The van der Waals surface area contributed by atoms with E-state index >= 15 is 0 Å². The van der Waals surface area contributed by atoms with Gasteiger partial charge in [-0.1, -0.05) is 6.92 Å². The van der Waals surface area contributed by atoms with Gasteiger partial charge < -0.3 is 10.0 Å². The normalized spacial score (nSPS) is 25.6. The van der Waals surface area contributed by atoms with Crippen LogP contribution in [0.2, 0.25) is 0 Å². The number of carboxylic acids is 1. The van der Waals surface area contributed by atoms with Crippen molar-refractivity contribution in [1.82, 2.24) is 4.90 Å². The van der Waals surface area contributed by atoms with Gasteiger partial charge in [0.2, 0.25) is 0 Å². The standard InChI is InChI=1S/C15H19NO3S/c1-9-7-16(8-11(9)15(18)19)14(17)13-6-10-4-2-3-5-12(10)20-13/h6,9,11H,2-5,7-8H2,1H3,(H,18,19). The van der Waals surface area contributed by atoms with E-state index in [0.717, 1.165) is 17.7 Å². The lowest BCUT2D eigenvalue weighted by atomic mass is 9.99. The first-order valence-electron chi connectivity index (χ1n) is 7.20. The number of rotatable bonds is 2. The summed E-state index contributed by atoms with van der Waals surface area (Å²) >= 11 is 1.60. The molecule has 1 aromatic heterocycles. The molecule has 20 heavy (non-hydrogen) atoms. The Kier molecular flexibility index (Phi) is 3.54. The highest BCUT2D eigenvalue weighted by atomic mass is 32.1. The van der Waals surface area contributed by atoms with Crippen molar-refractivity contribution >= 4 is 23.2 Å². The Labute approximate surface area is 122 Å². The maximum Gasteiger partial charge on any atom is 0.308 e. The number of carbonyl (C=O) groups excluding carboxylic acids is 1. The number of carbonyl (C=O) groups is 2. The van der Waals surface area contributed by atoms with Crippen LogP contribution < -0.4 is 0 Å². The Bertz CT molecular complexity index is 528. The van der Waals surface area contributed by atoms with E-state index in [-0.39, 0.29) is 11.8 Å². The fourth-order valence-corrected chi connectivity index (χ4v) is 4.43. The summed E-state index contributed by atoms with van der Waals surface area (Å²) in [6.07, 6.45) is 4.58. The quantitative estimate of drug-likeness (QED) is 0.911. The summed E-state index contributed by atoms with van der Waals surface area (Å²) in [7, 11) is 0. The second-order valence-electron chi connectivity index (χ2n) is 5.90. The number of nitrogens with zero attached hydrogens (tertiary/aromatic N) is 1. The topological polar surface area (TPSA) is 57.6 Å². The van der Waals surface area contributed by atoms with Gasteiger partial charge in [0.05, 0.1) is 10.8 Å². The third-order valence-corrected chi connectivity index (χ3v) is 5.65. The molecule has 1 saturated heterocycles. The predicted molar refractivity (Wildman–Crippen MR) is 77.2 cm³/mol. The van der Waals surface area contributed by atoms with Gasteiger partial charge in [-0.15, -0.1) is 11.3 Å². The van der Waals surface area contributed by atoms with Crippen LogP contribution >= 0.6 is 11.3 Å². The third-order valence-electron chi connectivity index (χ3n) is 4.42. The molecule has 0 saturated carbocycles. The van der Waals surface area contributed by atoms with E-state index in [1.807, 2.05) is 13.0 Å². The van der Waals surface area contributed by atoms with Gasteiger partial charge in [-0.3, -0.25) is 9.59 Å². The molecule has 2 unspecified atom stereocenters. The van der Waals surface area contributed by atoms with Crippen molar-refractivity contribution in [3.8, 4) is 0 Å². The second-order valence-corrected chi connectivity index (χ2v) is 7.04. The number of likely N-dealkylation sites (tertiary alicyclic amines) is 1. The number of aliphatic carboxylic acids is 1. The molecule has 2 heterocycles. The Hall–Kier alpha value is -1.36. The van der Waals surface area contributed by atoms with E-state index in [1.54, 1.807) is 16.2 Å². The molecule has 4 nitrogen and oxygen atoms in total. The van der Waals surface area contributed by atoms with Gasteiger partial charge in [-0.2, -0.15) is 0 Å². The zero-order valence-electron chi connectivity index (χ0n) is 11.6. The molecule has 1 aliphatic heterocycles. The van der Waals surface area contributed by atoms with E-state index in [1.165, 1.54) is 23.3 Å². The number of thiophene rings is 1. The van der Waals surface area contributed by atoms with E-state index in [2.05, 4.69) is 0 Å². The maximum absolute atomic E-state index is 12.5. The molecule has 2 aliphatic rings. The zero-order chi connectivity index (χ0) is 14.3. The SMILES string of the molecule is CC1CN(C(=O)c2cc3c(s2)CCCC3)CC1C(=O)O. The third kappa shape index (κ3) is 2.35. The monoisotopic (exact) mass is 293 g/mol. The minimum Gasteiger partial charge on any atom is -0.481 e. The number of amides is 1. The van der Waals surface area contributed by atoms with Crippen LogP contribution in [0.1, 0.15) is 39.9 Å². The lowest BCUT2D eigenvalue weighted by Crippen LogP contribution is -2.29. The van der Waals surface area contributed by atoms with Gasteiger partial charge in [-0.25, -0.2) is 0 Å². The first-order chi connectivity index (χ1) is 9.56.